The predicted octanol–water partition coefficient (Wildman–Crippen LogP) is 3.34. The molecule has 0 aliphatic rings. The first-order valence-electron chi connectivity index (χ1n) is 7.73. The average Bonchev–Trinajstić information content (AvgIpc) is 3.05. The Morgan fingerprint density at radius 3 is 2.30 bits per heavy atom. The van der Waals surface area contributed by atoms with Gasteiger partial charge in [0.15, 0.2) is 5.76 Å². The molecule has 4 nitrogen and oxygen atoms in total. The second kappa shape index (κ2) is 7.72. The highest BCUT2D eigenvalue weighted by Gasteiger charge is 2.11. The third-order valence-electron chi connectivity index (χ3n) is 3.67. The quantitative estimate of drug-likeness (QED) is 0.727. The molecule has 0 amide bonds. The molecule has 0 bridgehead atoms. The van der Waals surface area contributed by atoms with Crippen molar-refractivity contribution >= 4 is 0 Å². The van der Waals surface area contributed by atoms with Crippen molar-refractivity contribution in [2.75, 3.05) is 13.2 Å². The number of aromatic nitrogens is 1. The van der Waals surface area contributed by atoms with Crippen LogP contribution in [0.25, 0.3) is 11.3 Å². The monoisotopic (exact) mass is 308 g/mol. The molecule has 1 aromatic heterocycles. The van der Waals surface area contributed by atoms with Crippen LogP contribution in [0.4, 0.5) is 0 Å². The maximum absolute atomic E-state index is 9.29. The number of benzene rings is 2. The summed E-state index contributed by atoms with van der Waals surface area (Å²) in [7, 11) is 0. The molecule has 3 aromatic rings. The SMILES string of the molecule is OCCN(Cc1ccccc1)Cc1cc(-c2ccccc2)no1. The largest absolute Gasteiger partial charge is 0.395 e. The summed E-state index contributed by atoms with van der Waals surface area (Å²) >= 11 is 0. The molecule has 0 aliphatic heterocycles. The van der Waals surface area contributed by atoms with Gasteiger partial charge in [0.1, 0.15) is 5.69 Å². The first kappa shape index (κ1) is 15.5. The minimum Gasteiger partial charge on any atom is -0.395 e. The molecular weight excluding hydrogens is 288 g/mol. The summed E-state index contributed by atoms with van der Waals surface area (Å²) < 4.78 is 5.46. The normalized spacial score (nSPS) is 11.0. The summed E-state index contributed by atoms with van der Waals surface area (Å²) in [6.07, 6.45) is 0. The van der Waals surface area contributed by atoms with E-state index in [-0.39, 0.29) is 6.61 Å². The molecule has 2 aromatic carbocycles. The molecule has 1 N–H and O–H groups in total. The zero-order valence-electron chi connectivity index (χ0n) is 12.9. The van der Waals surface area contributed by atoms with Crippen molar-refractivity contribution in [3.63, 3.8) is 0 Å². The van der Waals surface area contributed by atoms with Crippen LogP contribution in [-0.2, 0) is 13.1 Å². The lowest BCUT2D eigenvalue weighted by Crippen LogP contribution is -2.25. The van der Waals surface area contributed by atoms with Crippen LogP contribution in [0.15, 0.2) is 71.3 Å². The lowest BCUT2D eigenvalue weighted by Gasteiger charge is -2.19. The van der Waals surface area contributed by atoms with Crippen LogP contribution in [0.1, 0.15) is 11.3 Å². The molecular formula is C19H20N2O2. The molecule has 4 heteroatoms. The van der Waals surface area contributed by atoms with E-state index in [9.17, 15) is 5.11 Å². The summed E-state index contributed by atoms with van der Waals surface area (Å²) in [5, 5.41) is 13.4. The van der Waals surface area contributed by atoms with Gasteiger partial charge in [0.25, 0.3) is 0 Å². The molecule has 0 fully saturated rings. The van der Waals surface area contributed by atoms with Crippen molar-refractivity contribution in [3.05, 3.63) is 78.1 Å². The van der Waals surface area contributed by atoms with Crippen molar-refractivity contribution < 1.29 is 9.63 Å². The molecule has 0 spiro atoms. The Bertz CT molecular complexity index is 711. The van der Waals surface area contributed by atoms with Crippen molar-refractivity contribution in [2.45, 2.75) is 13.1 Å². The Balaban J connectivity index is 1.69. The number of aliphatic hydroxyl groups is 1. The second-order valence-corrected chi connectivity index (χ2v) is 5.46. The number of hydrogen-bond donors (Lipinski definition) is 1. The zero-order valence-corrected chi connectivity index (χ0v) is 12.9. The lowest BCUT2D eigenvalue weighted by atomic mass is 10.1. The Morgan fingerprint density at radius 2 is 1.61 bits per heavy atom. The van der Waals surface area contributed by atoms with Crippen molar-refractivity contribution in [1.82, 2.24) is 10.1 Å². The third-order valence-corrected chi connectivity index (χ3v) is 3.67. The lowest BCUT2D eigenvalue weighted by molar-refractivity contribution is 0.170. The van der Waals surface area contributed by atoms with Gasteiger partial charge < -0.3 is 9.63 Å². The molecule has 23 heavy (non-hydrogen) atoms. The van der Waals surface area contributed by atoms with Gasteiger partial charge in [-0.05, 0) is 5.56 Å². The fourth-order valence-electron chi connectivity index (χ4n) is 2.55. The van der Waals surface area contributed by atoms with Crippen molar-refractivity contribution in [1.29, 1.82) is 0 Å². The molecule has 3 rings (SSSR count). The molecule has 0 saturated carbocycles. The maximum Gasteiger partial charge on any atom is 0.151 e. The van der Waals surface area contributed by atoms with Crippen LogP contribution in [-0.4, -0.2) is 28.3 Å². The minimum atomic E-state index is 0.118. The van der Waals surface area contributed by atoms with Gasteiger partial charge in [0, 0.05) is 24.7 Å². The van der Waals surface area contributed by atoms with E-state index in [4.69, 9.17) is 4.52 Å². The first-order valence-corrected chi connectivity index (χ1v) is 7.73. The van der Waals surface area contributed by atoms with Gasteiger partial charge in [-0.15, -0.1) is 0 Å². The highest BCUT2D eigenvalue weighted by molar-refractivity contribution is 5.58. The molecule has 0 radical (unpaired) electrons. The van der Waals surface area contributed by atoms with Gasteiger partial charge in [-0.25, -0.2) is 0 Å². The van der Waals surface area contributed by atoms with Gasteiger partial charge in [-0.1, -0.05) is 65.8 Å². The fraction of sp³-hybridized carbons (Fsp3) is 0.211. The molecule has 0 unspecified atom stereocenters. The first-order chi connectivity index (χ1) is 11.3. The standard InChI is InChI=1S/C19H20N2O2/c22-12-11-21(14-16-7-3-1-4-8-16)15-18-13-19(20-23-18)17-9-5-2-6-10-17/h1-10,13,22H,11-12,14-15H2. The van der Waals surface area contributed by atoms with E-state index in [1.165, 1.54) is 5.56 Å². The van der Waals surface area contributed by atoms with Gasteiger partial charge in [-0.3, -0.25) is 4.90 Å². The van der Waals surface area contributed by atoms with E-state index in [2.05, 4.69) is 22.2 Å². The van der Waals surface area contributed by atoms with E-state index in [0.717, 1.165) is 23.6 Å². The Labute approximate surface area is 136 Å². The number of rotatable bonds is 7. The number of aliphatic hydroxyl groups excluding tert-OH is 1. The van der Waals surface area contributed by atoms with E-state index in [0.29, 0.717) is 13.1 Å². The van der Waals surface area contributed by atoms with E-state index >= 15 is 0 Å². The van der Waals surface area contributed by atoms with E-state index < -0.39 is 0 Å². The Morgan fingerprint density at radius 1 is 0.913 bits per heavy atom. The fourth-order valence-corrected chi connectivity index (χ4v) is 2.55. The molecule has 0 atom stereocenters. The number of nitrogens with zero attached hydrogens (tertiary/aromatic N) is 2. The Kier molecular flexibility index (Phi) is 5.19. The Hall–Kier alpha value is -2.43. The van der Waals surface area contributed by atoms with Crippen LogP contribution >= 0.6 is 0 Å². The van der Waals surface area contributed by atoms with Gasteiger partial charge in [-0.2, -0.15) is 0 Å². The second-order valence-electron chi connectivity index (χ2n) is 5.46. The highest BCUT2D eigenvalue weighted by Crippen LogP contribution is 2.20. The summed E-state index contributed by atoms with van der Waals surface area (Å²) in [6.45, 7) is 2.10. The summed E-state index contributed by atoms with van der Waals surface area (Å²) in [6, 6.07) is 22.1. The summed E-state index contributed by atoms with van der Waals surface area (Å²) in [4.78, 5) is 2.14. The zero-order chi connectivity index (χ0) is 15.9. The highest BCUT2D eigenvalue weighted by atomic mass is 16.5. The van der Waals surface area contributed by atoms with Crippen LogP contribution in [0.2, 0.25) is 0 Å². The van der Waals surface area contributed by atoms with Crippen LogP contribution in [0, 0.1) is 0 Å². The van der Waals surface area contributed by atoms with Crippen LogP contribution in [0.5, 0.6) is 0 Å². The maximum atomic E-state index is 9.29. The summed E-state index contributed by atoms with van der Waals surface area (Å²) in [5.41, 5.74) is 3.09. The van der Waals surface area contributed by atoms with Crippen LogP contribution < -0.4 is 0 Å². The average molecular weight is 308 g/mol. The van der Waals surface area contributed by atoms with Crippen molar-refractivity contribution in [3.8, 4) is 11.3 Å². The minimum absolute atomic E-state index is 0.118. The smallest absolute Gasteiger partial charge is 0.151 e. The van der Waals surface area contributed by atoms with Gasteiger partial charge in [0.05, 0.1) is 13.2 Å². The van der Waals surface area contributed by atoms with Crippen molar-refractivity contribution in [2.24, 2.45) is 0 Å². The molecule has 0 saturated heterocycles. The molecule has 0 aliphatic carbocycles. The van der Waals surface area contributed by atoms with E-state index in [1.807, 2.05) is 54.6 Å². The summed E-state index contributed by atoms with van der Waals surface area (Å²) in [5.74, 6) is 0.799. The number of hydrogen-bond acceptors (Lipinski definition) is 4. The molecule has 118 valence electrons. The van der Waals surface area contributed by atoms with Gasteiger partial charge >= 0.3 is 0 Å². The van der Waals surface area contributed by atoms with E-state index in [1.54, 1.807) is 0 Å². The van der Waals surface area contributed by atoms with Crippen LogP contribution in [0.3, 0.4) is 0 Å². The predicted molar refractivity (Wildman–Crippen MR) is 89.6 cm³/mol. The molecule has 1 heterocycles. The van der Waals surface area contributed by atoms with Gasteiger partial charge in [0.2, 0.25) is 0 Å². The topological polar surface area (TPSA) is 49.5 Å². The third kappa shape index (κ3) is 4.28.